The van der Waals surface area contributed by atoms with Gasteiger partial charge in [0.1, 0.15) is 0 Å². The van der Waals surface area contributed by atoms with Gasteiger partial charge in [-0.1, -0.05) is 12.1 Å². The largest absolute Gasteiger partial charge is 0.416 e. The molecule has 1 aliphatic heterocycles. The Morgan fingerprint density at radius 1 is 1.29 bits per heavy atom. The van der Waals surface area contributed by atoms with E-state index in [2.05, 4.69) is 17.3 Å². The summed E-state index contributed by atoms with van der Waals surface area (Å²) in [5.41, 5.74) is 0.116. The van der Waals surface area contributed by atoms with Crippen molar-refractivity contribution in [3.8, 4) is 0 Å². The Morgan fingerprint density at radius 3 is 2.57 bits per heavy atom. The van der Waals surface area contributed by atoms with E-state index in [1.54, 1.807) is 6.07 Å². The van der Waals surface area contributed by atoms with Gasteiger partial charge in [0.2, 0.25) is 0 Å². The molecule has 2 rings (SSSR count). The smallest absolute Gasteiger partial charge is 0.310 e. The maximum atomic E-state index is 12.7. The second kappa shape index (κ2) is 6.79. The topological polar surface area (TPSA) is 15.3 Å². The Kier molecular flexibility index (Phi) is 5.27. The normalized spacial score (nSPS) is 19.7. The lowest BCUT2D eigenvalue weighted by Crippen LogP contribution is -2.35. The van der Waals surface area contributed by atoms with Crippen molar-refractivity contribution >= 4 is 0 Å². The van der Waals surface area contributed by atoms with E-state index < -0.39 is 11.7 Å². The number of likely N-dealkylation sites (tertiary alicyclic amines) is 1. The van der Waals surface area contributed by atoms with Crippen LogP contribution >= 0.6 is 0 Å². The highest BCUT2D eigenvalue weighted by molar-refractivity contribution is 5.27. The first kappa shape index (κ1) is 16.3. The third kappa shape index (κ3) is 4.71. The molecule has 1 aliphatic rings. The monoisotopic (exact) mass is 300 g/mol. The molecule has 1 aromatic rings. The first-order valence-corrected chi connectivity index (χ1v) is 7.45. The zero-order valence-electron chi connectivity index (χ0n) is 12.6. The molecule has 118 valence electrons. The number of benzene rings is 1. The first-order chi connectivity index (χ1) is 9.86. The van der Waals surface area contributed by atoms with Gasteiger partial charge in [0.05, 0.1) is 5.56 Å². The molecule has 0 spiro atoms. The number of nitrogens with zero attached hydrogens (tertiary/aromatic N) is 1. The fourth-order valence-corrected chi connectivity index (χ4v) is 2.71. The summed E-state index contributed by atoms with van der Waals surface area (Å²) in [4.78, 5) is 2.31. The Balaban J connectivity index is 1.90. The van der Waals surface area contributed by atoms with Gasteiger partial charge in [0, 0.05) is 6.04 Å². The minimum Gasteiger partial charge on any atom is -0.310 e. The number of hydrogen-bond acceptors (Lipinski definition) is 2. The minimum absolute atomic E-state index is 0.0630. The molecule has 21 heavy (non-hydrogen) atoms. The molecule has 1 saturated heterocycles. The summed E-state index contributed by atoms with van der Waals surface area (Å²) >= 11 is 0. The standard InChI is InChI=1S/C16H23F3N2/c1-12(20-11-13-6-8-21(2)9-7-13)14-4-3-5-15(10-14)16(17,18)19/h3-5,10,12-13,20H,6-9,11H2,1-2H3. The van der Waals surface area contributed by atoms with E-state index in [0.29, 0.717) is 11.5 Å². The molecule has 0 radical (unpaired) electrons. The van der Waals surface area contributed by atoms with Crippen LogP contribution in [0.2, 0.25) is 0 Å². The van der Waals surface area contributed by atoms with Gasteiger partial charge in [0.15, 0.2) is 0 Å². The van der Waals surface area contributed by atoms with Crippen LogP contribution in [0.5, 0.6) is 0 Å². The summed E-state index contributed by atoms with van der Waals surface area (Å²) in [6, 6.07) is 5.53. The van der Waals surface area contributed by atoms with Gasteiger partial charge >= 0.3 is 6.18 Å². The van der Waals surface area contributed by atoms with Crippen LogP contribution in [0, 0.1) is 5.92 Å². The Labute approximate surface area is 124 Å². The van der Waals surface area contributed by atoms with E-state index in [-0.39, 0.29) is 6.04 Å². The summed E-state index contributed by atoms with van der Waals surface area (Å²) in [5, 5.41) is 3.38. The molecule has 5 heteroatoms. The van der Waals surface area contributed by atoms with Crippen LogP contribution in [0.25, 0.3) is 0 Å². The summed E-state index contributed by atoms with van der Waals surface area (Å²) in [7, 11) is 2.12. The molecule has 1 unspecified atom stereocenters. The lowest BCUT2D eigenvalue weighted by molar-refractivity contribution is -0.137. The highest BCUT2D eigenvalue weighted by atomic mass is 19.4. The lowest BCUT2D eigenvalue weighted by atomic mass is 9.96. The fourth-order valence-electron chi connectivity index (χ4n) is 2.71. The van der Waals surface area contributed by atoms with E-state index in [0.717, 1.165) is 38.5 Å². The Morgan fingerprint density at radius 2 is 1.95 bits per heavy atom. The zero-order chi connectivity index (χ0) is 15.5. The number of piperidine rings is 1. The number of rotatable bonds is 4. The predicted octanol–water partition coefficient (Wildman–Crippen LogP) is 3.70. The number of halogens is 3. The van der Waals surface area contributed by atoms with Crippen molar-refractivity contribution in [3.05, 3.63) is 35.4 Å². The molecule has 1 N–H and O–H groups in total. The minimum atomic E-state index is -4.27. The second-order valence-electron chi connectivity index (χ2n) is 6.00. The summed E-state index contributed by atoms with van der Waals surface area (Å²) < 4.78 is 38.2. The maximum absolute atomic E-state index is 12.7. The van der Waals surface area contributed by atoms with Gasteiger partial charge in [-0.25, -0.2) is 0 Å². The second-order valence-corrected chi connectivity index (χ2v) is 6.00. The molecule has 1 aromatic carbocycles. The van der Waals surface area contributed by atoms with E-state index in [1.165, 1.54) is 12.1 Å². The molecule has 0 saturated carbocycles. The van der Waals surface area contributed by atoms with E-state index in [4.69, 9.17) is 0 Å². The Hall–Kier alpha value is -1.07. The van der Waals surface area contributed by atoms with Crippen LogP contribution in [0.3, 0.4) is 0 Å². The van der Waals surface area contributed by atoms with Gasteiger partial charge in [-0.2, -0.15) is 13.2 Å². The van der Waals surface area contributed by atoms with Gasteiger partial charge in [0.25, 0.3) is 0 Å². The van der Waals surface area contributed by atoms with Crippen LogP contribution in [-0.4, -0.2) is 31.6 Å². The molecular weight excluding hydrogens is 277 g/mol. The van der Waals surface area contributed by atoms with Crippen molar-refractivity contribution in [1.29, 1.82) is 0 Å². The van der Waals surface area contributed by atoms with Crippen molar-refractivity contribution in [2.24, 2.45) is 5.92 Å². The SMILES string of the molecule is CC(NCC1CCN(C)CC1)c1cccc(C(F)(F)F)c1. The molecule has 0 amide bonds. The maximum Gasteiger partial charge on any atom is 0.416 e. The molecule has 2 nitrogen and oxygen atoms in total. The number of alkyl halides is 3. The van der Waals surface area contributed by atoms with Gasteiger partial charge < -0.3 is 10.2 Å². The van der Waals surface area contributed by atoms with Gasteiger partial charge in [-0.15, -0.1) is 0 Å². The summed E-state index contributed by atoms with van der Waals surface area (Å²) in [6.07, 6.45) is -1.97. The summed E-state index contributed by atoms with van der Waals surface area (Å²) in [6.45, 7) is 4.99. The van der Waals surface area contributed by atoms with Gasteiger partial charge in [-0.05, 0) is 70.1 Å². The molecule has 0 aliphatic carbocycles. The predicted molar refractivity (Wildman–Crippen MR) is 78.1 cm³/mol. The molecule has 0 bridgehead atoms. The average molecular weight is 300 g/mol. The fraction of sp³-hybridized carbons (Fsp3) is 0.625. The third-order valence-electron chi connectivity index (χ3n) is 4.26. The molecule has 0 aromatic heterocycles. The average Bonchev–Trinajstić information content (AvgIpc) is 2.45. The third-order valence-corrected chi connectivity index (χ3v) is 4.26. The molecule has 1 atom stereocenters. The highest BCUT2D eigenvalue weighted by Crippen LogP contribution is 2.30. The number of hydrogen-bond donors (Lipinski definition) is 1. The zero-order valence-corrected chi connectivity index (χ0v) is 12.6. The van der Waals surface area contributed by atoms with Crippen molar-refractivity contribution in [1.82, 2.24) is 10.2 Å². The Bertz CT molecular complexity index is 451. The molecular formula is C16H23F3N2. The lowest BCUT2D eigenvalue weighted by Gasteiger charge is -2.30. The van der Waals surface area contributed by atoms with Crippen molar-refractivity contribution in [3.63, 3.8) is 0 Å². The van der Waals surface area contributed by atoms with Crippen LogP contribution in [-0.2, 0) is 6.18 Å². The van der Waals surface area contributed by atoms with E-state index >= 15 is 0 Å². The van der Waals surface area contributed by atoms with E-state index in [1.807, 2.05) is 6.92 Å². The highest BCUT2D eigenvalue weighted by Gasteiger charge is 2.30. The van der Waals surface area contributed by atoms with Crippen LogP contribution in [0.4, 0.5) is 13.2 Å². The first-order valence-electron chi connectivity index (χ1n) is 7.45. The van der Waals surface area contributed by atoms with Crippen molar-refractivity contribution in [2.75, 3.05) is 26.7 Å². The van der Waals surface area contributed by atoms with Crippen LogP contribution < -0.4 is 5.32 Å². The van der Waals surface area contributed by atoms with Crippen LogP contribution in [0.15, 0.2) is 24.3 Å². The number of nitrogens with one attached hydrogen (secondary N) is 1. The van der Waals surface area contributed by atoms with E-state index in [9.17, 15) is 13.2 Å². The summed E-state index contributed by atoms with van der Waals surface area (Å²) in [5.74, 6) is 0.620. The van der Waals surface area contributed by atoms with Crippen molar-refractivity contribution in [2.45, 2.75) is 32.0 Å². The van der Waals surface area contributed by atoms with Gasteiger partial charge in [-0.3, -0.25) is 0 Å². The molecule has 1 heterocycles. The van der Waals surface area contributed by atoms with Crippen molar-refractivity contribution < 1.29 is 13.2 Å². The molecule has 1 fully saturated rings. The van der Waals surface area contributed by atoms with Crippen LogP contribution in [0.1, 0.15) is 36.9 Å². The quantitative estimate of drug-likeness (QED) is 0.912.